The zero-order chi connectivity index (χ0) is 16.1. The number of thiazole rings is 1. The standard InChI is InChI=1S/C15H15N5OS2/c1-2-12(14-16-7-8-22-14)18-15(21)17-11-5-3-10(4-6-11)13-9-23-20-19-13/h3-9,12H,2H2,1H3,(H2,17,18,21)/t12-/m1/s1. The number of hydrogen-bond acceptors (Lipinski definition) is 6. The Kier molecular flexibility index (Phi) is 4.94. The normalized spacial score (nSPS) is 11.9. The van der Waals surface area contributed by atoms with Gasteiger partial charge in [0, 0.05) is 28.2 Å². The van der Waals surface area contributed by atoms with Gasteiger partial charge in [-0.2, -0.15) is 0 Å². The number of amides is 2. The summed E-state index contributed by atoms with van der Waals surface area (Å²) in [5.41, 5.74) is 2.53. The number of carbonyl (C=O) groups excluding carboxylic acids is 1. The minimum Gasteiger partial charge on any atom is -0.329 e. The summed E-state index contributed by atoms with van der Waals surface area (Å²) in [6.45, 7) is 2.02. The fourth-order valence-electron chi connectivity index (χ4n) is 2.09. The van der Waals surface area contributed by atoms with E-state index in [2.05, 4.69) is 25.2 Å². The van der Waals surface area contributed by atoms with Gasteiger partial charge in [0.05, 0.1) is 6.04 Å². The Morgan fingerprint density at radius 3 is 2.74 bits per heavy atom. The lowest BCUT2D eigenvalue weighted by atomic mass is 10.1. The SMILES string of the molecule is CC[C@@H](NC(=O)Nc1ccc(-c2csnn2)cc1)c1nccs1. The first kappa shape index (κ1) is 15.6. The summed E-state index contributed by atoms with van der Waals surface area (Å²) in [7, 11) is 0. The molecule has 0 fully saturated rings. The van der Waals surface area contributed by atoms with E-state index in [4.69, 9.17) is 0 Å². The molecule has 2 N–H and O–H groups in total. The van der Waals surface area contributed by atoms with E-state index in [0.29, 0.717) is 0 Å². The smallest absolute Gasteiger partial charge is 0.319 e. The molecule has 0 bridgehead atoms. The van der Waals surface area contributed by atoms with Crippen LogP contribution in [0.2, 0.25) is 0 Å². The van der Waals surface area contributed by atoms with Crippen LogP contribution in [0, 0.1) is 0 Å². The van der Waals surface area contributed by atoms with Gasteiger partial charge in [-0.3, -0.25) is 0 Å². The predicted molar refractivity (Wildman–Crippen MR) is 92.6 cm³/mol. The van der Waals surface area contributed by atoms with Crippen LogP contribution in [-0.2, 0) is 0 Å². The van der Waals surface area contributed by atoms with Crippen LogP contribution in [0.15, 0.2) is 41.2 Å². The third-order valence-electron chi connectivity index (χ3n) is 3.26. The summed E-state index contributed by atoms with van der Waals surface area (Å²) in [6.07, 6.45) is 2.53. The Morgan fingerprint density at radius 2 is 2.13 bits per heavy atom. The van der Waals surface area contributed by atoms with Crippen molar-refractivity contribution in [2.24, 2.45) is 0 Å². The molecule has 0 saturated carbocycles. The first-order chi connectivity index (χ1) is 11.3. The van der Waals surface area contributed by atoms with Crippen molar-refractivity contribution in [3.05, 3.63) is 46.2 Å². The second kappa shape index (κ2) is 7.30. The third kappa shape index (κ3) is 3.91. The fraction of sp³-hybridized carbons (Fsp3) is 0.200. The zero-order valence-electron chi connectivity index (χ0n) is 12.4. The van der Waals surface area contributed by atoms with Crippen molar-refractivity contribution in [1.82, 2.24) is 19.9 Å². The highest BCUT2D eigenvalue weighted by Gasteiger charge is 2.14. The average molecular weight is 345 g/mol. The van der Waals surface area contributed by atoms with Gasteiger partial charge in [-0.1, -0.05) is 23.5 Å². The van der Waals surface area contributed by atoms with Gasteiger partial charge in [0.1, 0.15) is 10.7 Å². The van der Waals surface area contributed by atoms with E-state index in [1.165, 1.54) is 22.9 Å². The Balaban J connectivity index is 1.61. The molecule has 23 heavy (non-hydrogen) atoms. The monoisotopic (exact) mass is 345 g/mol. The maximum absolute atomic E-state index is 12.1. The Morgan fingerprint density at radius 1 is 1.30 bits per heavy atom. The topological polar surface area (TPSA) is 79.8 Å². The van der Waals surface area contributed by atoms with Gasteiger partial charge in [-0.15, -0.1) is 16.4 Å². The number of urea groups is 1. The quantitative estimate of drug-likeness (QED) is 0.734. The van der Waals surface area contributed by atoms with Crippen LogP contribution in [0.25, 0.3) is 11.3 Å². The lowest BCUT2D eigenvalue weighted by Gasteiger charge is -2.15. The summed E-state index contributed by atoms with van der Waals surface area (Å²) in [6, 6.07) is 7.19. The van der Waals surface area contributed by atoms with Gasteiger partial charge in [0.2, 0.25) is 0 Å². The van der Waals surface area contributed by atoms with Crippen molar-refractivity contribution >= 4 is 34.6 Å². The highest BCUT2D eigenvalue weighted by Crippen LogP contribution is 2.21. The molecule has 8 heteroatoms. The molecule has 0 aliphatic heterocycles. The van der Waals surface area contributed by atoms with Gasteiger partial charge >= 0.3 is 6.03 Å². The molecule has 0 aliphatic rings. The van der Waals surface area contributed by atoms with E-state index in [9.17, 15) is 4.79 Å². The molecular weight excluding hydrogens is 330 g/mol. The molecule has 0 aliphatic carbocycles. The maximum Gasteiger partial charge on any atom is 0.319 e. The molecule has 2 heterocycles. The molecule has 0 radical (unpaired) electrons. The first-order valence-corrected chi connectivity index (χ1v) is 8.82. The first-order valence-electron chi connectivity index (χ1n) is 7.10. The lowest BCUT2D eigenvalue weighted by molar-refractivity contribution is 0.248. The molecule has 0 spiro atoms. The molecule has 3 aromatic rings. The number of rotatable bonds is 5. The third-order valence-corrected chi connectivity index (χ3v) is 4.66. The molecule has 2 amide bonds. The second-order valence-corrected chi connectivity index (χ2v) is 6.33. The van der Waals surface area contributed by atoms with E-state index in [0.717, 1.165) is 28.4 Å². The lowest BCUT2D eigenvalue weighted by Crippen LogP contribution is -2.32. The number of anilines is 1. The molecule has 0 saturated heterocycles. The van der Waals surface area contributed by atoms with Crippen molar-refractivity contribution < 1.29 is 4.79 Å². The molecule has 0 unspecified atom stereocenters. The average Bonchev–Trinajstić information content (AvgIpc) is 3.26. The van der Waals surface area contributed by atoms with E-state index in [1.807, 2.05) is 41.9 Å². The number of hydrogen-bond donors (Lipinski definition) is 2. The number of nitrogens with one attached hydrogen (secondary N) is 2. The number of aromatic nitrogens is 3. The summed E-state index contributed by atoms with van der Waals surface area (Å²) < 4.78 is 3.84. The van der Waals surface area contributed by atoms with E-state index >= 15 is 0 Å². The van der Waals surface area contributed by atoms with Gasteiger partial charge in [-0.25, -0.2) is 9.78 Å². The minimum atomic E-state index is -0.241. The summed E-state index contributed by atoms with van der Waals surface area (Å²) in [5.74, 6) is 0. The molecular formula is C15H15N5OS2. The Hall–Kier alpha value is -2.32. The van der Waals surface area contributed by atoms with Crippen molar-refractivity contribution in [1.29, 1.82) is 0 Å². The molecule has 1 aromatic carbocycles. The Bertz CT molecular complexity index is 741. The summed E-state index contributed by atoms with van der Waals surface area (Å²) in [5, 5.41) is 14.5. The van der Waals surface area contributed by atoms with Crippen molar-refractivity contribution in [3.8, 4) is 11.3 Å². The maximum atomic E-state index is 12.1. The molecule has 3 rings (SSSR count). The van der Waals surface area contributed by atoms with Crippen LogP contribution in [-0.4, -0.2) is 20.6 Å². The van der Waals surface area contributed by atoms with Gasteiger partial charge < -0.3 is 10.6 Å². The van der Waals surface area contributed by atoms with Crippen LogP contribution >= 0.6 is 22.9 Å². The van der Waals surface area contributed by atoms with Gasteiger partial charge in [0.25, 0.3) is 0 Å². The van der Waals surface area contributed by atoms with Crippen LogP contribution < -0.4 is 10.6 Å². The summed E-state index contributed by atoms with van der Waals surface area (Å²) >= 11 is 2.85. The van der Waals surface area contributed by atoms with Gasteiger partial charge in [-0.05, 0) is 30.1 Å². The number of benzene rings is 1. The van der Waals surface area contributed by atoms with E-state index in [1.54, 1.807) is 6.20 Å². The molecule has 2 aromatic heterocycles. The van der Waals surface area contributed by atoms with E-state index < -0.39 is 0 Å². The highest BCUT2D eigenvalue weighted by molar-refractivity contribution is 7.09. The molecule has 118 valence electrons. The zero-order valence-corrected chi connectivity index (χ0v) is 14.0. The molecule has 6 nitrogen and oxygen atoms in total. The predicted octanol–water partition coefficient (Wildman–Crippen LogP) is 3.93. The number of carbonyl (C=O) groups is 1. The Labute approximate surface area is 141 Å². The second-order valence-electron chi connectivity index (χ2n) is 4.80. The molecule has 1 atom stereocenters. The fourth-order valence-corrected chi connectivity index (χ4v) is 3.32. The highest BCUT2D eigenvalue weighted by atomic mass is 32.1. The van der Waals surface area contributed by atoms with Crippen molar-refractivity contribution in [2.75, 3.05) is 5.32 Å². The summed E-state index contributed by atoms with van der Waals surface area (Å²) in [4.78, 5) is 16.4. The van der Waals surface area contributed by atoms with Crippen LogP contribution in [0.1, 0.15) is 24.4 Å². The van der Waals surface area contributed by atoms with Crippen molar-refractivity contribution in [3.63, 3.8) is 0 Å². The van der Waals surface area contributed by atoms with Crippen LogP contribution in [0.3, 0.4) is 0 Å². The largest absolute Gasteiger partial charge is 0.329 e. The van der Waals surface area contributed by atoms with Crippen LogP contribution in [0.4, 0.5) is 10.5 Å². The van der Waals surface area contributed by atoms with Crippen molar-refractivity contribution in [2.45, 2.75) is 19.4 Å². The number of nitrogens with zero attached hydrogens (tertiary/aromatic N) is 3. The van der Waals surface area contributed by atoms with E-state index in [-0.39, 0.29) is 12.1 Å². The van der Waals surface area contributed by atoms with Crippen LogP contribution in [0.5, 0.6) is 0 Å². The van der Waals surface area contributed by atoms with Gasteiger partial charge in [0.15, 0.2) is 0 Å². The minimum absolute atomic E-state index is 0.0737.